The molecule has 0 spiro atoms. The number of Topliss-reactive ketones (excluding diaryl/α,β-unsaturated/α-hetero) is 1. The maximum atomic E-state index is 12.7. The van der Waals surface area contributed by atoms with E-state index < -0.39 is 6.10 Å². The lowest BCUT2D eigenvalue weighted by Crippen LogP contribution is -2.21. The third-order valence-electron chi connectivity index (χ3n) is 4.85. The van der Waals surface area contributed by atoms with Crippen LogP contribution in [0.1, 0.15) is 54.3 Å². The van der Waals surface area contributed by atoms with Crippen LogP contribution in [0.15, 0.2) is 35.9 Å². The first-order chi connectivity index (χ1) is 12.8. The van der Waals surface area contributed by atoms with Crippen LogP contribution in [0.4, 0.5) is 0 Å². The molecule has 1 aliphatic heterocycles. The average Bonchev–Trinajstić information content (AvgIpc) is 2.62. The summed E-state index contributed by atoms with van der Waals surface area (Å²) in [5.41, 5.74) is 1.97. The number of allylic oxidation sites excluding steroid dienone is 2. The van der Waals surface area contributed by atoms with Crippen LogP contribution in [0.3, 0.4) is 0 Å². The third-order valence-corrected chi connectivity index (χ3v) is 4.85. The highest BCUT2D eigenvalue weighted by Crippen LogP contribution is 2.45. The van der Waals surface area contributed by atoms with Crippen LogP contribution in [0, 0.1) is 0 Å². The zero-order valence-electron chi connectivity index (χ0n) is 15.2. The summed E-state index contributed by atoms with van der Waals surface area (Å²) in [6.07, 6.45) is 2.35. The Balaban J connectivity index is 1.97. The van der Waals surface area contributed by atoms with E-state index in [0.717, 1.165) is 12.0 Å². The van der Waals surface area contributed by atoms with Crippen LogP contribution in [-0.2, 0) is 6.42 Å². The number of fused-ring (bicyclic) bond motifs is 1. The predicted octanol–water partition coefficient (Wildman–Crippen LogP) is 4.11. The second kappa shape index (κ2) is 7.23. The molecule has 0 fully saturated rings. The van der Waals surface area contributed by atoms with Gasteiger partial charge in [-0.25, -0.2) is 0 Å². The van der Waals surface area contributed by atoms with Gasteiger partial charge in [0.2, 0.25) is 0 Å². The van der Waals surface area contributed by atoms with E-state index in [9.17, 15) is 25.2 Å². The summed E-state index contributed by atoms with van der Waals surface area (Å²) in [7, 11) is 0. The minimum atomic E-state index is -0.691. The number of benzene rings is 2. The molecule has 0 unspecified atom stereocenters. The molecule has 2 aromatic carbocycles. The Kier molecular flexibility index (Phi) is 4.99. The van der Waals surface area contributed by atoms with Crippen molar-refractivity contribution < 1.29 is 30.0 Å². The molecular weight excluding hydrogens is 348 g/mol. The number of phenols is 4. The fourth-order valence-corrected chi connectivity index (χ4v) is 3.05. The van der Waals surface area contributed by atoms with E-state index in [1.54, 1.807) is 6.07 Å². The molecule has 27 heavy (non-hydrogen) atoms. The summed E-state index contributed by atoms with van der Waals surface area (Å²) < 4.78 is 5.80. The maximum absolute atomic E-state index is 12.7. The van der Waals surface area contributed by atoms with E-state index in [0.29, 0.717) is 17.5 Å². The van der Waals surface area contributed by atoms with Crippen LogP contribution in [0.25, 0.3) is 0 Å². The highest BCUT2D eigenvalue weighted by molar-refractivity contribution is 6.03. The van der Waals surface area contributed by atoms with Gasteiger partial charge >= 0.3 is 0 Å². The topological polar surface area (TPSA) is 107 Å². The Bertz CT molecular complexity index is 929. The number of phenolic OH excluding ortho intramolecular Hbond substituents is 4. The number of carbonyl (C=O) groups excluding carboxylic acids is 1. The molecule has 0 amide bonds. The van der Waals surface area contributed by atoms with Gasteiger partial charge in [-0.05, 0) is 37.5 Å². The van der Waals surface area contributed by atoms with Crippen molar-refractivity contribution in [2.24, 2.45) is 0 Å². The van der Waals surface area contributed by atoms with Crippen LogP contribution >= 0.6 is 0 Å². The lowest BCUT2D eigenvalue weighted by Gasteiger charge is -2.27. The van der Waals surface area contributed by atoms with Crippen molar-refractivity contribution in [1.29, 1.82) is 0 Å². The standard InChI is InChI=1S/C21H22O6/c1-3-11(2)4-6-13-15(23)9-19-20(21(13)26)17(25)10-18(27-19)12-5-7-14(22)16(24)8-12/h4-5,7-9,18,22-24,26H,3,6,10H2,1-2H3/b11-4+/t18-/m0/s1. The molecule has 4 N–H and O–H groups in total. The summed E-state index contributed by atoms with van der Waals surface area (Å²) in [5.74, 6) is -1.21. The van der Waals surface area contributed by atoms with Crippen LogP contribution in [0.2, 0.25) is 0 Å². The van der Waals surface area contributed by atoms with Gasteiger partial charge in [-0.1, -0.05) is 24.6 Å². The summed E-state index contributed by atoms with van der Waals surface area (Å²) >= 11 is 0. The largest absolute Gasteiger partial charge is 0.507 e. The highest BCUT2D eigenvalue weighted by atomic mass is 16.5. The van der Waals surface area contributed by atoms with Gasteiger partial charge in [0.1, 0.15) is 28.9 Å². The molecule has 0 bridgehead atoms. The van der Waals surface area contributed by atoms with Crippen molar-refractivity contribution in [2.75, 3.05) is 0 Å². The molecule has 1 aliphatic rings. The molecule has 6 heteroatoms. The molecule has 0 aliphatic carbocycles. The van der Waals surface area contributed by atoms with E-state index in [-0.39, 0.29) is 46.5 Å². The molecule has 3 rings (SSSR count). The number of aromatic hydroxyl groups is 4. The second-order valence-corrected chi connectivity index (χ2v) is 6.69. The first-order valence-electron chi connectivity index (χ1n) is 8.77. The maximum Gasteiger partial charge on any atom is 0.174 e. The van der Waals surface area contributed by atoms with Gasteiger partial charge in [-0.3, -0.25) is 4.79 Å². The lowest BCUT2D eigenvalue weighted by atomic mass is 9.92. The van der Waals surface area contributed by atoms with E-state index >= 15 is 0 Å². The number of ether oxygens (including phenoxy) is 1. The Morgan fingerprint density at radius 3 is 2.56 bits per heavy atom. The summed E-state index contributed by atoms with van der Waals surface area (Å²) in [6, 6.07) is 5.52. The monoisotopic (exact) mass is 370 g/mol. The van der Waals surface area contributed by atoms with E-state index in [2.05, 4.69) is 0 Å². The van der Waals surface area contributed by atoms with Crippen molar-refractivity contribution in [3.05, 3.63) is 52.6 Å². The third kappa shape index (κ3) is 3.56. The molecule has 0 radical (unpaired) electrons. The SMILES string of the molecule is CC/C(C)=C/Cc1c(O)cc2c(c1O)C(=O)C[C@@H](c1ccc(O)c(O)c1)O2. The quantitative estimate of drug-likeness (QED) is 0.476. The zero-order chi connectivity index (χ0) is 19.7. The molecule has 2 aromatic rings. The number of hydrogen-bond donors (Lipinski definition) is 4. The normalized spacial score (nSPS) is 16.7. The van der Waals surface area contributed by atoms with Crippen LogP contribution in [0.5, 0.6) is 28.7 Å². The molecular formula is C21H22O6. The first-order valence-corrected chi connectivity index (χ1v) is 8.77. The van der Waals surface area contributed by atoms with Gasteiger partial charge in [-0.15, -0.1) is 0 Å². The zero-order valence-corrected chi connectivity index (χ0v) is 15.2. The van der Waals surface area contributed by atoms with Crippen molar-refractivity contribution in [3.8, 4) is 28.7 Å². The van der Waals surface area contributed by atoms with Crippen molar-refractivity contribution >= 4 is 5.78 Å². The molecule has 1 atom stereocenters. The van der Waals surface area contributed by atoms with E-state index in [1.807, 2.05) is 19.9 Å². The molecule has 142 valence electrons. The summed E-state index contributed by atoms with van der Waals surface area (Å²) in [4.78, 5) is 12.7. The van der Waals surface area contributed by atoms with Crippen molar-refractivity contribution in [3.63, 3.8) is 0 Å². The minimum Gasteiger partial charge on any atom is -0.507 e. The Hall–Kier alpha value is -3.15. The number of hydrogen-bond acceptors (Lipinski definition) is 6. The Morgan fingerprint density at radius 1 is 1.15 bits per heavy atom. The molecule has 0 saturated carbocycles. The second-order valence-electron chi connectivity index (χ2n) is 6.69. The Morgan fingerprint density at radius 2 is 1.89 bits per heavy atom. The molecule has 1 heterocycles. The molecule has 0 aromatic heterocycles. The fourth-order valence-electron chi connectivity index (χ4n) is 3.05. The van der Waals surface area contributed by atoms with Gasteiger partial charge in [0.25, 0.3) is 0 Å². The summed E-state index contributed by atoms with van der Waals surface area (Å²) in [6.45, 7) is 3.97. The van der Waals surface area contributed by atoms with Gasteiger partial charge in [-0.2, -0.15) is 0 Å². The average molecular weight is 370 g/mol. The fraction of sp³-hybridized carbons (Fsp3) is 0.286. The highest BCUT2D eigenvalue weighted by Gasteiger charge is 2.32. The van der Waals surface area contributed by atoms with E-state index in [1.165, 1.54) is 18.2 Å². The Labute approximate surface area is 157 Å². The van der Waals surface area contributed by atoms with E-state index in [4.69, 9.17) is 4.74 Å². The van der Waals surface area contributed by atoms with Gasteiger partial charge in [0.05, 0.1) is 6.42 Å². The first kappa shape index (κ1) is 18.6. The van der Waals surface area contributed by atoms with Gasteiger partial charge < -0.3 is 25.2 Å². The summed E-state index contributed by atoms with van der Waals surface area (Å²) in [5, 5.41) is 39.9. The number of rotatable bonds is 4. The van der Waals surface area contributed by atoms with Gasteiger partial charge in [0.15, 0.2) is 17.3 Å². The number of ketones is 1. The van der Waals surface area contributed by atoms with Crippen LogP contribution < -0.4 is 4.74 Å². The smallest absolute Gasteiger partial charge is 0.174 e. The van der Waals surface area contributed by atoms with Crippen molar-refractivity contribution in [1.82, 2.24) is 0 Å². The minimum absolute atomic E-state index is 0.0290. The molecule has 0 saturated heterocycles. The van der Waals surface area contributed by atoms with Gasteiger partial charge in [0, 0.05) is 11.6 Å². The molecule has 6 nitrogen and oxygen atoms in total. The number of carbonyl (C=O) groups is 1. The van der Waals surface area contributed by atoms with Crippen molar-refractivity contribution in [2.45, 2.75) is 39.2 Å². The van der Waals surface area contributed by atoms with Crippen LogP contribution in [-0.4, -0.2) is 26.2 Å². The lowest BCUT2D eigenvalue weighted by molar-refractivity contribution is 0.0844. The predicted molar refractivity (Wildman–Crippen MR) is 99.6 cm³/mol.